The second-order valence-electron chi connectivity index (χ2n) is 6.51. The Labute approximate surface area is 193 Å². The summed E-state index contributed by atoms with van der Waals surface area (Å²) in [5.74, 6) is -0.165. The van der Waals surface area contributed by atoms with Crippen molar-refractivity contribution in [3.8, 4) is 17.9 Å². The van der Waals surface area contributed by atoms with Gasteiger partial charge in [-0.15, -0.1) is 0 Å². The molecule has 0 radical (unpaired) electrons. The molecule has 7 nitrogen and oxygen atoms in total. The van der Waals surface area contributed by atoms with Crippen LogP contribution >= 0.6 is 23.2 Å². The van der Waals surface area contributed by atoms with Gasteiger partial charge in [-0.2, -0.15) is 15.6 Å². The first kappa shape index (κ1) is 23.1. The van der Waals surface area contributed by atoms with E-state index in [0.29, 0.717) is 16.3 Å². The van der Waals surface area contributed by atoms with Crippen molar-refractivity contribution < 1.29 is 14.2 Å². The van der Waals surface area contributed by atoms with Gasteiger partial charge in [-0.3, -0.25) is 0 Å². The molecule has 1 heterocycles. The molecule has 0 aliphatic rings. The Kier molecular flexibility index (Phi) is 7.34. The molecule has 0 unspecified atom stereocenters. The van der Waals surface area contributed by atoms with E-state index in [4.69, 9.17) is 38.8 Å². The lowest BCUT2D eigenvalue weighted by Gasteiger charge is -2.12. The quantitative estimate of drug-likeness (QED) is 0.491. The highest BCUT2D eigenvalue weighted by Crippen LogP contribution is 2.31. The van der Waals surface area contributed by atoms with E-state index >= 15 is 0 Å². The Morgan fingerprint density at radius 1 is 1.28 bits per heavy atom. The van der Waals surface area contributed by atoms with Crippen LogP contribution < -0.4 is 10.5 Å². The van der Waals surface area contributed by atoms with Crippen molar-refractivity contribution in [1.29, 1.82) is 10.5 Å². The zero-order valence-corrected chi connectivity index (χ0v) is 18.0. The first-order chi connectivity index (χ1) is 15.4. The summed E-state index contributed by atoms with van der Waals surface area (Å²) in [5.41, 5.74) is 6.60. The van der Waals surface area contributed by atoms with Crippen molar-refractivity contribution >= 4 is 40.7 Å². The van der Waals surface area contributed by atoms with Crippen molar-refractivity contribution in [2.45, 2.75) is 13.2 Å². The number of benzene rings is 2. The van der Waals surface area contributed by atoms with E-state index in [1.54, 1.807) is 24.3 Å². The number of halogens is 3. The molecule has 10 heteroatoms. The van der Waals surface area contributed by atoms with E-state index in [2.05, 4.69) is 5.10 Å². The SMILES string of the molecule is N#CC(=Cc1cc(Cl)ccc1OCc1c(F)cccc1Cl)c1nn(CCO)c(N)c1C#N. The zero-order chi connectivity index (χ0) is 23.3. The minimum atomic E-state index is -0.509. The number of rotatable bonds is 7. The number of nitrogens with two attached hydrogens (primary N) is 1. The number of ether oxygens (including phenoxy) is 1. The van der Waals surface area contributed by atoms with Gasteiger partial charge in [0.2, 0.25) is 0 Å². The summed E-state index contributed by atoms with van der Waals surface area (Å²) in [6.07, 6.45) is 1.44. The number of hydrogen-bond acceptors (Lipinski definition) is 6. The molecule has 3 aromatic rings. The van der Waals surface area contributed by atoms with Gasteiger partial charge in [0.15, 0.2) is 0 Å². The van der Waals surface area contributed by atoms with Crippen LogP contribution in [0.2, 0.25) is 10.0 Å². The number of anilines is 1. The van der Waals surface area contributed by atoms with Gasteiger partial charge in [0.1, 0.15) is 47.4 Å². The van der Waals surface area contributed by atoms with Crippen LogP contribution in [0.5, 0.6) is 5.75 Å². The maximum absolute atomic E-state index is 14.1. The molecule has 0 bridgehead atoms. The van der Waals surface area contributed by atoms with Gasteiger partial charge >= 0.3 is 0 Å². The summed E-state index contributed by atoms with van der Waals surface area (Å²) < 4.78 is 21.1. The maximum atomic E-state index is 14.1. The number of allylic oxidation sites excluding steroid dienone is 1. The lowest BCUT2D eigenvalue weighted by molar-refractivity contribution is 0.270. The van der Waals surface area contributed by atoms with E-state index in [0.717, 1.165) is 0 Å². The number of nitrogen functional groups attached to an aromatic ring is 1. The van der Waals surface area contributed by atoms with Crippen LogP contribution in [0.25, 0.3) is 11.6 Å². The van der Waals surface area contributed by atoms with Gasteiger partial charge in [0.05, 0.1) is 23.7 Å². The van der Waals surface area contributed by atoms with E-state index in [-0.39, 0.29) is 53.0 Å². The third kappa shape index (κ3) is 4.84. The number of hydrogen-bond donors (Lipinski definition) is 2. The molecule has 1 aromatic heterocycles. The van der Waals surface area contributed by atoms with Crippen LogP contribution in [0.3, 0.4) is 0 Å². The molecule has 2 aromatic carbocycles. The molecule has 0 aliphatic heterocycles. The second kappa shape index (κ2) is 10.2. The lowest BCUT2D eigenvalue weighted by Crippen LogP contribution is -2.07. The van der Waals surface area contributed by atoms with Gasteiger partial charge in [-0.1, -0.05) is 29.3 Å². The molecule has 0 fully saturated rings. The number of aromatic nitrogens is 2. The van der Waals surface area contributed by atoms with E-state index in [1.165, 1.54) is 22.9 Å². The third-order valence-electron chi connectivity index (χ3n) is 4.50. The van der Waals surface area contributed by atoms with Crippen molar-refractivity contribution in [2.24, 2.45) is 0 Å². The summed E-state index contributed by atoms with van der Waals surface area (Å²) in [6, 6.07) is 13.0. The lowest BCUT2D eigenvalue weighted by atomic mass is 10.1. The Balaban J connectivity index is 2.02. The highest BCUT2D eigenvalue weighted by Gasteiger charge is 2.19. The predicted octanol–water partition coefficient (Wildman–Crippen LogP) is 4.42. The molecule has 0 aliphatic carbocycles. The average Bonchev–Trinajstić information content (AvgIpc) is 3.08. The third-order valence-corrected chi connectivity index (χ3v) is 5.09. The predicted molar refractivity (Wildman–Crippen MR) is 119 cm³/mol. The first-order valence-corrected chi connectivity index (χ1v) is 9.99. The summed E-state index contributed by atoms with van der Waals surface area (Å²) in [6.45, 7) is -0.335. The molecule has 3 N–H and O–H groups in total. The van der Waals surface area contributed by atoms with E-state index < -0.39 is 5.82 Å². The fourth-order valence-electron chi connectivity index (χ4n) is 2.93. The summed E-state index contributed by atoms with van der Waals surface area (Å²) >= 11 is 12.2. The maximum Gasteiger partial charge on any atom is 0.140 e. The Morgan fingerprint density at radius 2 is 2.06 bits per heavy atom. The molecule has 0 spiro atoms. The molecule has 0 saturated carbocycles. The Morgan fingerprint density at radius 3 is 2.72 bits per heavy atom. The van der Waals surface area contributed by atoms with Crippen molar-refractivity contribution in [1.82, 2.24) is 9.78 Å². The van der Waals surface area contributed by atoms with Crippen LogP contribution in [0.4, 0.5) is 10.2 Å². The van der Waals surface area contributed by atoms with E-state index in [1.807, 2.05) is 12.1 Å². The highest BCUT2D eigenvalue weighted by molar-refractivity contribution is 6.31. The fraction of sp³-hybridized carbons (Fsp3) is 0.136. The molecular formula is C22H16Cl2FN5O2. The molecular weight excluding hydrogens is 456 g/mol. The van der Waals surface area contributed by atoms with Crippen LogP contribution in [-0.4, -0.2) is 21.5 Å². The van der Waals surface area contributed by atoms with Gasteiger partial charge < -0.3 is 15.6 Å². The Hall–Kier alpha value is -3.56. The Bertz CT molecular complexity index is 1250. The second-order valence-corrected chi connectivity index (χ2v) is 7.35. The van der Waals surface area contributed by atoms with Gasteiger partial charge in [0.25, 0.3) is 0 Å². The van der Waals surface area contributed by atoms with Crippen LogP contribution in [0.15, 0.2) is 36.4 Å². The van der Waals surface area contributed by atoms with Crippen LogP contribution in [-0.2, 0) is 13.2 Å². The monoisotopic (exact) mass is 471 g/mol. The molecule has 32 heavy (non-hydrogen) atoms. The van der Waals surface area contributed by atoms with E-state index in [9.17, 15) is 14.9 Å². The van der Waals surface area contributed by atoms with Crippen molar-refractivity contribution in [3.63, 3.8) is 0 Å². The van der Waals surface area contributed by atoms with Crippen LogP contribution in [0, 0.1) is 28.5 Å². The molecule has 0 atom stereocenters. The van der Waals surface area contributed by atoms with Crippen molar-refractivity contribution in [2.75, 3.05) is 12.3 Å². The van der Waals surface area contributed by atoms with Crippen molar-refractivity contribution in [3.05, 3.63) is 74.6 Å². The van der Waals surface area contributed by atoms with Gasteiger partial charge in [-0.25, -0.2) is 9.07 Å². The van der Waals surface area contributed by atoms with Gasteiger partial charge in [-0.05, 0) is 36.4 Å². The number of aliphatic hydroxyl groups excluding tert-OH is 1. The number of nitriles is 2. The number of nitrogens with zero attached hydrogens (tertiary/aromatic N) is 4. The summed E-state index contributed by atoms with van der Waals surface area (Å²) in [4.78, 5) is 0. The minimum absolute atomic E-state index is 0.00823. The minimum Gasteiger partial charge on any atom is -0.488 e. The normalized spacial score (nSPS) is 11.1. The zero-order valence-electron chi connectivity index (χ0n) is 16.5. The average molecular weight is 472 g/mol. The standard InChI is InChI=1S/C22H16Cl2FN5O2/c23-15-4-5-20(32-12-17-18(24)2-1-3-19(17)25)13(9-15)8-14(10-26)21-16(11-27)22(28)30(29-21)6-7-31/h1-5,8-9,31H,6-7,12,28H2. The summed E-state index contributed by atoms with van der Waals surface area (Å²) in [7, 11) is 0. The van der Waals surface area contributed by atoms with Gasteiger partial charge in [0, 0.05) is 16.1 Å². The number of aliphatic hydroxyl groups is 1. The smallest absolute Gasteiger partial charge is 0.140 e. The fourth-order valence-corrected chi connectivity index (χ4v) is 3.33. The first-order valence-electron chi connectivity index (χ1n) is 9.24. The highest BCUT2D eigenvalue weighted by atomic mass is 35.5. The molecule has 0 saturated heterocycles. The largest absolute Gasteiger partial charge is 0.488 e. The van der Waals surface area contributed by atoms with Crippen LogP contribution in [0.1, 0.15) is 22.4 Å². The molecule has 162 valence electrons. The molecule has 3 rings (SSSR count). The topological polar surface area (TPSA) is 121 Å². The summed E-state index contributed by atoms with van der Waals surface area (Å²) in [5, 5.41) is 33.1. The molecule has 0 amide bonds.